The van der Waals surface area contributed by atoms with Gasteiger partial charge in [0, 0.05) is 17.2 Å². The molecular weight excluding hydrogens is 267 g/mol. The topological polar surface area (TPSA) is 9.23 Å². The summed E-state index contributed by atoms with van der Waals surface area (Å²) in [6.45, 7) is 0.176. The molecule has 0 heterocycles. The highest BCUT2D eigenvalue weighted by Crippen LogP contribution is 2.39. The first-order valence-electron chi connectivity index (χ1n) is 5.25. The Labute approximate surface area is 116 Å². The molecule has 2 rings (SSSR count). The fourth-order valence-corrected chi connectivity index (χ4v) is 2.21. The lowest BCUT2D eigenvalue weighted by molar-refractivity contribution is 0.371. The highest BCUT2D eigenvalue weighted by Gasteiger charge is 2.12. The van der Waals surface area contributed by atoms with Gasteiger partial charge in [-0.3, -0.25) is 0 Å². The van der Waals surface area contributed by atoms with Crippen LogP contribution in [0.5, 0.6) is 5.75 Å². The summed E-state index contributed by atoms with van der Waals surface area (Å²) in [6, 6.07) is 13.8. The smallest absolute Gasteiger partial charge is 0.148 e. The van der Waals surface area contributed by atoms with Gasteiger partial charge in [-0.15, -0.1) is 6.42 Å². The van der Waals surface area contributed by atoms with Crippen LogP contribution >= 0.6 is 23.2 Å². The second-order valence-corrected chi connectivity index (χ2v) is 4.32. The van der Waals surface area contributed by atoms with E-state index in [-0.39, 0.29) is 6.61 Å². The maximum absolute atomic E-state index is 6.18. The van der Waals surface area contributed by atoms with Crippen molar-refractivity contribution in [3.8, 4) is 29.2 Å². The van der Waals surface area contributed by atoms with Gasteiger partial charge >= 0.3 is 0 Å². The molecule has 0 aliphatic rings. The Morgan fingerprint density at radius 2 is 1.89 bits per heavy atom. The van der Waals surface area contributed by atoms with Crippen LogP contribution in [0, 0.1) is 18.4 Å². The van der Waals surface area contributed by atoms with Gasteiger partial charge in [0.15, 0.2) is 0 Å². The van der Waals surface area contributed by atoms with Gasteiger partial charge in [0.2, 0.25) is 0 Å². The van der Waals surface area contributed by atoms with Crippen molar-refractivity contribution in [2.45, 2.75) is 0 Å². The number of benzene rings is 2. The first kappa shape index (κ1) is 12.8. The number of rotatable bonds is 3. The summed E-state index contributed by atoms with van der Waals surface area (Å²) in [5.41, 5.74) is 1.51. The minimum Gasteiger partial charge on any atom is -0.480 e. The number of hydrogen-bond acceptors (Lipinski definition) is 1. The number of hydrogen-bond donors (Lipinski definition) is 0. The number of para-hydroxylation sites is 1. The Morgan fingerprint density at radius 1 is 1.17 bits per heavy atom. The van der Waals surface area contributed by atoms with Gasteiger partial charge in [0.25, 0.3) is 0 Å². The SMILES string of the molecule is C#CCOc1[c]cccc1-c1c(Cl)cccc1Cl. The van der Waals surface area contributed by atoms with Crippen LogP contribution in [0.3, 0.4) is 0 Å². The van der Waals surface area contributed by atoms with Crippen molar-refractivity contribution in [1.82, 2.24) is 0 Å². The summed E-state index contributed by atoms with van der Waals surface area (Å²) in [4.78, 5) is 0. The van der Waals surface area contributed by atoms with E-state index in [1.54, 1.807) is 24.3 Å². The molecule has 0 bridgehead atoms. The first-order valence-corrected chi connectivity index (χ1v) is 6.01. The Morgan fingerprint density at radius 3 is 2.56 bits per heavy atom. The van der Waals surface area contributed by atoms with Crippen LogP contribution < -0.4 is 4.74 Å². The second kappa shape index (κ2) is 5.82. The minimum absolute atomic E-state index is 0.176. The molecule has 89 valence electrons. The van der Waals surface area contributed by atoms with Crippen molar-refractivity contribution in [2.75, 3.05) is 6.61 Å². The number of halogens is 2. The summed E-state index contributed by atoms with van der Waals surface area (Å²) in [7, 11) is 0. The predicted molar refractivity (Wildman–Crippen MR) is 75.1 cm³/mol. The van der Waals surface area contributed by atoms with E-state index in [9.17, 15) is 0 Å². The minimum atomic E-state index is 0.176. The molecule has 0 unspecified atom stereocenters. The van der Waals surface area contributed by atoms with Crippen molar-refractivity contribution < 1.29 is 4.74 Å². The second-order valence-electron chi connectivity index (χ2n) is 3.50. The molecule has 1 nitrogen and oxygen atoms in total. The molecule has 0 fully saturated rings. The highest BCUT2D eigenvalue weighted by atomic mass is 35.5. The molecule has 18 heavy (non-hydrogen) atoms. The molecule has 0 aliphatic heterocycles. The molecule has 0 saturated heterocycles. The van der Waals surface area contributed by atoms with Crippen LogP contribution in [0.2, 0.25) is 10.0 Å². The van der Waals surface area contributed by atoms with Crippen LogP contribution in [0.15, 0.2) is 36.4 Å². The molecule has 2 aromatic rings. The van der Waals surface area contributed by atoms with E-state index in [2.05, 4.69) is 12.0 Å². The van der Waals surface area contributed by atoms with Crippen LogP contribution in [-0.4, -0.2) is 6.61 Å². The molecule has 0 N–H and O–H groups in total. The number of ether oxygens (including phenoxy) is 1. The molecular formula is C15H9Cl2O. The van der Waals surface area contributed by atoms with Gasteiger partial charge in [0.05, 0.1) is 10.0 Å². The summed E-state index contributed by atoms with van der Waals surface area (Å²) in [5.74, 6) is 2.96. The van der Waals surface area contributed by atoms with Gasteiger partial charge in [-0.1, -0.05) is 53.4 Å². The molecule has 1 radical (unpaired) electrons. The molecule has 0 atom stereocenters. The summed E-state index contributed by atoms with van der Waals surface area (Å²) >= 11 is 12.4. The molecule has 0 saturated carbocycles. The highest BCUT2D eigenvalue weighted by molar-refractivity contribution is 6.39. The lowest BCUT2D eigenvalue weighted by atomic mass is 10.0. The van der Waals surface area contributed by atoms with Crippen molar-refractivity contribution in [2.24, 2.45) is 0 Å². The Bertz CT molecular complexity index is 579. The average Bonchev–Trinajstić information content (AvgIpc) is 2.37. The standard InChI is InChI=1S/C15H9Cl2O/c1-2-10-18-14-9-4-3-6-11(14)15-12(16)7-5-8-13(15)17/h1,3-8H,10H2. The van der Waals surface area contributed by atoms with E-state index in [0.29, 0.717) is 15.8 Å². The molecule has 0 aromatic heterocycles. The van der Waals surface area contributed by atoms with E-state index in [1.807, 2.05) is 12.1 Å². The molecule has 3 heteroatoms. The molecule has 2 aromatic carbocycles. The third-order valence-corrected chi connectivity index (χ3v) is 2.98. The Balaban J connectivity index is 2.54. The monoisotopic (exact) mass is 275 g/mol. The van der Waals surface area contributed by atoms with Gasteiger partial charge < -0.3 is 4.74 Å². The van der Waals surface area contributed by atoms with Crippen molar-refractivity contribution >= 4 is 23.2 Å². The molecule has 0 aliphatic carbocycles. The van der Waals surface area contributed by atoms with Gasteiger partial charge in [-0.25, -0.2) is 0 Å². The van der Waals surface area contributed by atoms with E-state index >= 15 is 0 Å². The fourth-order valence-electron chi connectivity index (χ4n) is 1.61. The largest absolute Gasteiger partial charge is 0.480 e. The van der Waals surface area contributed by atoms with Crippen molar-refractivity contribution in [3.05, 3.63) is 52.5 Å². The lowest BCUT2D eigenvalue weighted by Gasteiger charge is -2.12. The first-order chi connectivity index (χ1) is 8.74. The quantitative estimate of drug-likeness (QED) is 0.751. The van der Waals surface area contributed by atoms with E-state index in [1.165, 1.54) is 0 Å². The van der Waals surface area contributed by atoms with Crippen LogP contribution in [0.25, 0.3) is 11.1 Å². The maximum atomic E-state index is 6.18. The Kier molecular flexibility index (Phi) is 4.15. The van der Waals surface area contributed by atoms with Crippen molar-refractivity contribution in [3.63, 3.8) is 0 Å². The third-order valence-electron chi connectivity index (χ3n) is 2.35. The van der Waals surface area contributed by atoms with Gasteiger partial charge in [0.1, 0.15) is 12.4 Å². The predicted octanol–water partition coefficient (Wildman–Crippen LogP) is 4.47. The number of terminal acetylenes is 1. The van der Waals surface area contributed by atoms with E-state index in [0.717, 1.165) is 11.1 Å². The zero-order valence-corrected chi connectivity index (χ0v) is 10.9. The average molecular weight is 276 g/mol. The summed E-state index contributed by atoms with van der Waals surface area (Å²) in [6.07, 6.45) is 5.18. The normalized spacial score (nSPS) is 9.83. The summed E-state index contributed by atoms with van der Waals surface area (Å²) in [5, 5.41) is 1.13. The van der Waals surface area contributed by atoms with E-state index in [4.69, 9.17) is 34.4 Å². The van der Waals surface area contributed by atoms with Crippen molar-refractivity contribution in [1.29, 1.82) is 0 Å². The van der Waals surface area contributed by atoms with E-state index < -0.39 is 0 Å². The van der Waals surface area contributed by atoms with Gasteiger partial charge in [-0.05, 0) is 12.1 Å². The lowest BCUT2D eigenvalue weighted by Crippen LogP contribution is -1.96. The summed E-state index contributed by atoms with van der Waals surface area (Å²) < 4.78 is 5.44. The fraction of sp³-hybridized carbons (Fsp3) is 0.0667. The van der Waals surface area contributed by atoms with Crippen LogP contribution in [0.1, 0.15) is 0 Å². The molecule has 0 spiro atoms. The van der Waals surface area contributed by atoms with Crippen LogP contribution in [0.4, 0.5) is 0 Å². The zero-order valence-electron chi connectivity index (χ0n) is 9.41. The Hall–Kier alpha value is -1.62. The van der Waals surface area contributed by atoms with Gasteiger partial charge in [-0.2, -0.15) is 0 Å². The third kappa shape index (κ3) is 2.61. The van der Waals surface area contributed by atoms with Crippen LogP contribution in [-0.2, 0) is 0 Å². The zero-order chi connectivity index (χ0) is 13.0. The maximum Gasteiger partial charge on any atom is 0.148 e. The molecule has 0 amide bonds.